The van der Waals surface area contributed by atoms with E-state index in [1.807, 2.05) is 0 Å². The molecule has 3 nitrogen and oxygen atoms in total. The van der Waals surface area contributed by atoms with Crippen molar-refractivity contribution in [2.24, 2.45) is 11.8 Å². The molecular formula is C10H11NO2. The van der Waals surface area contributed by atoms with Crippen LogP contribution in [0.4, 0.5) is 0 Å². The number of carbonyl (C=O) groups excluding carboxylic acids is 1. The third-order valence-corrected chi connectivity index (χ3v) is 2.94. The number of nitriles is 1. The zero-order chi connectivity index (χ0) is 9.47. The van der Waals surface area contributed by atoms with Gasteiger partial charge in [-0.15, -0.1) is 0 Å². The smallest absolute Gasteiger partial charge is 0.304 e. The summed E-state index contributed by atoms with van der Waals surface area (Å²) < 4.78 is 5.10. The molecule has 1 fully saturated rings. The minimum atomic E-state index is -0.819. The van der Waals surface area contributed by atoms with Crippen LogP contribution in [0, 0.1) is 23.2 Å². The molecule has 3 heteroatoms. The number of fused-ring (bicyclic) bond motifs is 1. The first-order chi connectivity index (χ1) is 6.18. The van der Waals surface area contributed by atoms with Crippen LogP contribution in [0.15, 0.2) is 12.2 Å². The monoisotopic (exact) mass is 177 g/mol. The quantitative estimate of drug-likeness (QED) is 0.449. The molecule has 1 saturated carbocycles. The number of nitrogens with zero attached hydrogens (tertiary/aromatic N) is 1. The van der Waals surface area contributed by atoms with Gasteiger partial charge < -0.3 is 4.74 Å². The van der Waals surface area contributed by atoms with Crippen molar-refractivity contribution in [3.05, 3.63) is 12.2 Å². The highest BCUT2D eigenvalue weighted by molar-refractivity contribution is 5.67. The van der Waals surface area contributed by atoms with E-state index in [1.165, 1.54) is 6.92 Å². The molecule has 0 aromatic heterocycles. The fourth-order valence-corrected chi connectivity index (χ4v) is 2.32. The van der Waals surface area contributed by atoms with E-state index < -0.39 is 5.60 Å². The topological polar surface area (TPSA) is 50.1 Å². The number of esters is 1. The van der Waals surface area contributed by atoms with E-state index in [-0.39, 0.29) is 11.9 Å². The Hall–Kier alpha value is -1.30. The lowest BCUT2D eigenvalue weighted by atomic mass is 9.63. The molecule has 0 aromatic carbocycles. The normalized spacial score (nSPS) is 40.3. The number of rotatable bonds is 1. The van der Waals surface area contributed by atoms with E-state index in [1.54, 1.807) is 0 Å². The zero-order valence-corrected chi connectivity index (χ0v) is 7.49. The largest absolute Gasteiger partial charge is 0.443 e. The number of hydrogen-bond donors (Lipinski definition) is 0. The number of hydrogen-bond acceptors (Lipinski definition) is 3. The summed E-state index contributed by atoms with van der Waals surface area (Å²) in [6.45, 7) is 1.36. The van der Waals surface area contributed by atoms with Crippen molar-refractivity contribution in [3.8, 4) is 6.07 Å². The maximum atomic E-state index is 10.8. The maximum Gasteiger partial charge on any atom is 0.304 e. The standard InChI is InChI=1S/C10H11NO2/c1-7(12)13-10(6-11)5-8-3-2-4-9(8)10/h2-3,8-9H,4-5H2,1H3/t8-,9-,10-/m0/s1. The van der Waals surface area contributed by atoms with Gasteiger partial charge in [0.15, 0.2) is 0 Å². The molecule has 68 valence electrons. The van der Waals surface area contributed by atoms with Gasteiger partial charge in [0.2, 0.25) is 5.60 Å². The van der Waals surface area contributed by atoms with Crippen LogP contribution in [0.25, 0.3) is 0 Å². The average molecular weight is 177 g/mol. The Balaban J connectivity index is 2.13. The van der Waals surface area contributed by atoms with Crippen molar-refractivity contribution >= 4 is 5.97 Å². The highest BCUT2D eigenvalue weighted by Crippen LogP contribution is 2.52. The predicted molar refractivity (Wildman–Crippen MR) is 45.5 cm³/mol. The van der Waals surface area contributed by atoms with E-state index >= 15 is 0 Å². The van der Waals surface area contributed by atoms with Crippen LogP contribution >= 0.6 is 0 Å². The summed E-state index contributed by atoms with van der Waals surface area (Å²) in [5.41, 5.74) is -0.819. The molecule has 0 unspecified atom stereocenters. The van der Waals surface area contributed by atoms with Crippen LogP contribution in [0.1, 0.15) is 19.8 Å². The Labute approximate surface area is 77.0 Å². The second-order valence-corrected chi connectivity index (χ2v) is 3.73. The lowest BCUT2D eigenvalue weighted by Crippen LogP contribution is -2.53. The summed E-state index contributed by atoms with van der Waals surface area (Å²) >= 11 is 0. The Bertz CT molecular complexity index is 315. The molecule has 0 saturated heterocycles. The van der Waals surface area contributed by atoms with Gasteiger partial charge in [-0.25, -0.2) is 0 Å². The fourth-order valence-electron chi connectivity index (χ4n) is 2.32. The van der Waals surface area contributed by atoms with Gasteiger partial charge in [0, 0.05) is 19.3 Å². The molecule has 0 aliphatic heterocycles. The van der Waals surface area contributed by atoms with Gasteiger partial charge in [-0.05, 0) is 12.3 Å². The van der Waals surface area contributed by atoms with Gasteiger partial charge in [-0.1, -0.05) is 12.2 Å². The van der Waals surface area contributed by atoms with Crippen LogP contribution in [-0.4, -0.2) is 11.6 Å². The summed E-state index contributed by atoms with van der Waals surface area (Å²) in [7, 11) is 0. The highest BCUT2D eigenvalue weighted by atomic mass is 16.6. The summed E-state index contributed by atoms with van der Waals surface area (Å²) in [5.74, 6) is 0.312. The Morgan fingerprint density at radius 1 is 1.77 bits per heavy atom. The van der Waals surface area contributed by atoms with Crippen LogP contribution in [-0.2, 0) is 9.53 Å². The van der Waals surface area contributed by atoms with Crippen LogP contribution < -0.4 is 0 Å². The summed E-state index contributed by atoms with van der Waals surface area (Å²) in [6, 6.07) is 2.13. The van der Waals surface area contributed by atoms with Crippen LogP contribution in [0.3, 0.4) is 0 Å². The second-order valence-electron chi connectivity index (χ2n) is 3.73. The van der Waals surface area contributed by atoms with Gasteiger partial charge in [0.05, 0.1) is 0 Å². The molecule has 2 aliphatic carbocycles. The van der Waals surface area contributed by atoms with E-state index in [2.05, 4.69) is 18.2 Å². The van der Waals surface area contributed by atoms with E-state index in [0.717, 1.165) is 6.42 Å². The van der Waals surface area contributed by atoms with Gasteiger partial charge in [-0.2, -0.15) is 5.26 Å². The fraction of sp³-hybridized carbons (Fsp3) is 0.600. The van der Waals surface area contributed by atoms with E-state index in [9.17, 15) is 4.79 Å². The van der Waals surface area contributed by atoms with Crippen molar-refractivity contribution in [1.82, 2.24) is 0 Å². The summed E-state index contributed by atoms with van der Waals surface area (Å²) in [4.78, 5) is 10.8. The van der Waals surface area contributed by atoms with Crippen LogP contribution in [0.2, 0.25) is 0 Å². The Morgan fingerprint density at radius 2 is 2.54 bits per heavy atom. The molecule has 13 heavy (non-hydrogen) atoms. The van der Waals surface area contributed by atoms with Gasteiger partial charge in [0.1, 0.15) is 6.07 Å². The molecule has 0 heterocycles. The molecule has 2 rings (SSSR count). The molecule has 0 radical (unpaired) electrons. The Morgan fingerprint density at radius 3 is 3.08 bits per heavy atom. The lowest BCUT2D eigenvalue weighted by Gasteiger charge is -2.45. The molecule has 0 aromatic rings. The molecule has 2 aliphatic rings. The first-order valence-corrected chi connectivity index (χ1v) is 4.45. The molecule has 0 amide bonds. The molecular weight excluding hydrogens is 166 g/mol. The second kappa shape index (κ2) is 2.59. The van der Waals surface area contributed by atoms with Crippen molar-refractivity contribution in [2.45, 2.75) is 25.4 Å². The van der Waals surface area contributed by atoms with Crippen molar-refractivity contribution in [1.29, 1.82) is 5.26 Å². The summed E-state index contributed by atoms with van der Waals surface area (Å²) in [5, 5.41) is 8.98. The van der Waals surface area contributed by atoms with Crippen molar-refractivity contribution in [2.75, 3.05) is 0 Å². The first-order valence-electron chi connectivity index (χ1n) is 4.45. The number of allylic oxidation sites excluding steroid dienone is 2. The van der Waals surface area contributed by atoms with E-state index in [4.69, 9.17) is 10.00 Å². The predicted octanol–water partition coefficient (Wildman–Crippen LogP) is 1.41. The molecule has 0 bridgehead atoms. The van der Waals surface area contributed by atoms with Gasteiger partial charge in [-0.3, -0.25) is 4.79 Å². The SMILES string of the molecule is CC(=O)O[C@]1(C#N)C[C@@H]2C=CC[C@@H]21. The van der Waals surface area contributed by atoms with Gasteiger partial charge in [0.25, 0.3) is 0 Å². The maximum absolute atomic E-state index is 10.8. The van der Waals surface area contributed by atoms with Gasteiger partial charge >= 0.3 is 5.97 Å². The third-order valence-electron chi connectivity index (χ3n) is 2.94. The van der Waals surface area contributed by atoms with E-state index in [0.29, 0.717) is 12.3 Å². The number of ether oxygens (including phenoxy) is 1. The minimum Gasteiger partial charge on any atom is -0.443 e. The first kappa shape index (κ1) is 8.31. The summed E-state index contributed by atoms with van der Waals surface area (Å²) in [6.07, 6.45) is 5.72. The molecule has 3 atom stereocenters. The van der Waals surface area contributed by atoms with Crippen molar-refractivity contribution in [3.63, 3.8) is 0 Å². The average Bonchev–Trinajstić information content (AvgIpc) is 2.43. The number of carbonyl (C=O) groups is 1. The highest BCUT2D eigenvalue weighted by Gasteiger charge is 2.57. The molecule has 0 spiro atoms. The van der Waals surface area contributed by atoms with Crippen LogP contribution in [0.5, 0.6) is 0 Å². The zero-order valence-electron chi connectivity index (χ0n) is 7.49. The third kappa shape index (κ3) is 1.06. The lowest BCUT2D eigenvalue weighted by molar-refractivity contribution is -0.171. The Kier molecular flexibility index (Phi) is 1.66. The molecule has 0 N–H and O–H groups in total. The minimum absolute atomic E-state index is 0.210. The van der Waals surface area contributed by atoms with Crippen molar-refractivity contribution < 1.29 is 9.53 Å².